The molecule has 3 aromatic rings. The lowest BCUT2D eigenvalue weighted by Crippen LogP contribution is -2.26. The van der Waals surface area contributed by atoms with Crippen LogP contribution in [0.1, 0.15) is 12.8 Å². The largest absolute Gasteiger partial charge is 0.477 e. The van der Waals surface area contributed by atoms with E-state index in [9.17, 15) is 5.26 Å². The van der Waals surface area contributed by atoms with E-state index < -0.39 is 7.05 Å². The fourth-order valence-corrected chi connectivity index (χ4v) is 7.00. The summed E-state index contributed by atoms with van der Waals surface area (Å²) < 4.78 is 11.2. The van der Waals surface area contributed by atoms with E-state index in [4.69, 9.17) is 9.48 Å². The number of hydrogen-bond donors (Lipinski definition) is 0. The van der Waals surface area contributed by atoms with Crippen LogP contribution in [0.25, 0.3) is 0 Å². The normalized spacial score (nSPS) is 14.1. The first-order valence-electron chi connectivity index (χ1n) is 9.40. The van der Waals surface area contributed by atoms with Gasteiger partial charge in [-0.1, -0.05) is 91.0 Å². The van der Waals surface area contributed by atoms with Gasteiger partial charge in [-0.05, 0) is 12.8 Å². The Morgan fingerprint density at radius 2 is 1.21 bits per heavy atom. The molecule has 1 aliphatic heterocycles. The maximum absolute atomic E-state index is 9.63. The SMILES string of the molecule is N#CC1=C(N=P(c2ccccc2)(c2ccccc2)c2ccccc2)OCCC1. The van der Waals surface area contributed by atoms with Crippen LogP contribution < -0.4 is 15.9 Å². The molecule has 4 heteroatoms. The van der Waals surface area contributed by atoms with Gasteiger partial charge in [0, 0.05) is 15.9 Å². The second-order valence-corrected chi connectivity index (χ2v) is 9.61. The summed E-state index contributed by atoms with van der Waals surface area (Å²) in [7, 11) is -2.38. The highest BCUT2D eigenvalue weighted by Crippen LogP contribution is 2.48. The molecular weight excluding hydrogens is 363 g/mol. The number of hydrogen-bond acceptors (Lipinski definition) is 3. The molecule has 28 heavy (non-hydrogen) atoms. The maximum Gasteiger partial charge on any atom is 0.226 e. The molecular formula is C24H21N2OP. The van der Waals surface area contributed by atoms with Gasteiger partial charge < -0.3 is 4.74 Å². The van der Waals surface area contributed by atoms with Crippen LogP contribution in [0.3, 0.4) is 0 Å². The Balaban J connectivity index is 2.12. The summed E-state index contributed by atoms with van der Waals surface area (Å²) in [5, 5.41) is 13.1. The second kappa shape index (κ2) is 8.30. The standard InChI is InChI=1S/C24H21N2OP/c25-19-20-11-10-18-27-24(20)26-28(21-12-4-1-5-13-21,22-14-6-2-7-15-22)23-16-8-3-9-17-23/h1-9,12-17H,10-11,18H2. The fraction of sp³-hybridized carbons (Fsp3) is 0.125. The first-order valence-corrected chi connectivity index (χ1v) is 11.1. The Hall–Kier alpha value is -3.08. The Bertz CT molecular complexity index is 964. The van der Waals surface area contributed by atoms with Gasteiger partial charge in [0.05, 0.1) is 19.2 Å². The Kier molecular flexibility index (Phi) is 5.42. The maximum atomic E-state index is 9.63. The predicted octanol–water partition coefficient (Wildman–Crippen LogP) is 4.71. The van der Waals surface area contributed by atoms with Gasteiger partial charge in [0.2, 0.25) is 5.88 Å². The van der Waals surface area contributed by atoms with E-state index in [0.29, 0.717) is 24.5 Å². The van der Waals surface area contributed by atoms with E-state index >= 15 is 0 Å². The lowest BCUT2D eigenvalue weighted by atomic mass is 10.1. The summed E-state index contributed by atoms with van der Waals surface area (Å²) >= 11 is 0. The predicted molar refractivity (Wildman–Crippen MR) is 115 cm³/mol. The second-order valence-electron chi connectivity index (χ2n) is 6.59. The zero-order chi connectivity index (χ0) is 19.2. The van der Waals surface area contributed by atoms with E-state index in [-0.39, 0.29) is 0 Å². The number of nitriles is 1. The number of allylic oxidation sites excluding steroid dienone is 1. The summed E-state index contributed by atoms with van der Waals surface area (Å²) in [6.45, 7) is 0.600. The van der Waals surface area contributed by atoms with Crippen molar-refractivity contribution in [1.82, 2.24) is 0 Å². The molecule has 0 spiro atoms. The van der Waals surface area contributed by atoms with Crippen molar-refractivity contribution in [2.45, 2.75) is 12.8 Å². The van der Waals surface area contributed by atoms with Gasteiger partial charge in [-0.2, -0.15) is 5.26 Å². The number of ether oxygens (including phenoxy) is 1. The van der Waals surface area contributed by atoms with Gasteiger partial charge in [-0.3, -0.25) is 0 Å². The Morgan fingerprint density at radius 1 is 0.750 bits per heavy atom. The topological polar surface area (TPSA) is 45.4 Å². The summed E-state index contributed by atoms with van der Waals surface area (Å²) in [6, 6.07) is 33.4. The molecule has 0 bridgehead atoms. The van der Waals surface area contributed by atoms with Crippen LogP contribution in [-0.4, -0.2) is 6.61 Å². The molecule has 0 aromatic heterocycles. The van der Waals surface area contributed by atoms with Gasteiger partial charge in [0.25, 0.3) is 0 Å². The molecule has 0 aliphatic carbocycles. The first kappa shape index (κ1) is 18.3. The van der Waals surface area contributed by atoms with E-state index in [2.05, 4.69) is 42.5 Å². The van der Waals surface area contributed by atoms with Crippen molar-refractivity contribution in [2.75, 3.05) is 6.61 Å². The molecule has 3 nitrogen and oxygen atoms in total. The number of rotatable bonds is 4. The lowest BCUT2D eigenvalue weighted by Gasteiger charge is -2.28. The molecule has 1 heterocycles. The minimum Gasteiger partial charge on any atom is -0.477 e. The van der Waals surface area contributed by atoms with Gasteiger partial charge in [-0.15, -0.1) is 0 Å². The summed E-state index contributed by atoms with van der Waals surface area (Å²) in [4.78, 5) is 0. The van der Waals surface area contributed by atoms with Crippen molar-refractivity contribution < 1.29 is 4.74 Å². The minimum absolute atomic E-state index is 0.499. The smallest absolute Gasteiger partial charge is 0.226 e. The van der Waals surface area contributed by atoms with Gasteiger partial charge in [-0.25, -0.2) is 4.74 Å². The first-order chi connectivity index (χ1) is 13.8. The molecule has 4 rings (SSSR count). The van der Waals surface area contributed by atoms with E-state index in [1.54, 1.807) is 0 Å². The average molecular weight is 384 g/mol. The van der Waals surface area contributed by atoms with Crippen molar-refractivity contribution in [1.29, 1.82) is 5.26 Å². The average Bonchev–Trinajstić information content (AvgIpc) is 2.79. The van der Waals surface area contributed by atoms with Gasteiger partial charge in [0.15, 0.2) is 0 Å². The Morgan fingerprint density at radius 3 is 1.64 bits per heavy atom. The molecule has 0 N–H and O–H groups in total. The quantitative estimate of drug-likeness (QED) is 0.612. The highest BCUT2D eigenvalue weighted by atomic mass is 31.2. The molecule has 138 valence electrons. The van der Waals surface area contributed by atoms with Crippen molar-refractivity contribution in [3.8, 4) is 6.07 Å². The van der Waals surface area contributed by atoms with Crippen LogP contribution in [0, 0.1) is 11.3 Å². The van der Waals surface area contributed by atoms with Gasteiger partial charge >= 0.3 is 0 Å². The van der Waals surface area contributed by atoms with Crippen LogP contribution in [0.2, 0.25) is 0 Å². The zero-order valence-corrected chi connectivity index (χ0v) is 16.4. The number of nitrogens with zero attached hydrogens (tertiary/aromatic N) is 2. The molecule has 0 fully saturated rings. The minimum atomic E-state index is -2.38. The van der Waals surface area contributed by atoms with E-state index in [0.717, 1.165) is 22.3 Å². The fourth-order valence-electron chi connectivity index (χ4n) is 3.49. The molecule has 0 radical (unpaired) electrons. The van der Waals surface area contributed by atoms with Crippen molar-refractivity contribution in [3.05, 3.63) is 102 Å². The molecule has 0 atom stereocenters. The van der Waals surface area contributed by atoms with Crippen LogP contribution in [-0.2, 0) is 4.74 Å². The zero-order valence-electron chi connectivity index (χ0n) is 15.5. The molecule has 0 unspecified atom stereocenters. The number of benzene rings is 3. The molecule has 0 saturated heterocycles. The Labute approximate surface area is 166 Å². The summed E-state index contributed by atoms with van der Waals surface area (Å²) in [5.41, 5.74) is 0.637. The van der Waals surface area contributed by atoms with E-state index in [1.165, 1.54) is 0 Å². The van der Waals surface area contributed by atoms with Gasteiger partial charge in [0.1, 0.15) is 6.07 Å². The summed E-state index contributed by atoms with van der Waals surface area (Å²) in [5.74, 6) is 0.499. The van der Waals surface area contributed by atoms with Crippen LogP contribution in [0.5, 0.6) is 0 Å². The van der Waals surface area contributed by atoms with Crippen LogP contribution >= 0.6 is 7.05 Å². The molecule has 0 amide bonds. The molecule has 1 aliphatic rings. The van der Waals surface area contributed by atoms with Crippen LogP contribution in [0.4, 0.5) is 0 Å². The third-order valence-electron chi connectivity index (χ3n) is 4.83. The molecule has 0 saturated carbocycles. The van der Waals surface area contributed by atoms with Crippen molar-refractivity contribution in [2.24, 2.45) is 4.74 Å². The van der Waals surface area contributed by atoms with Crippen molar-refractivity contribution >= 4 is 23.0 Å². The third kappa shape index (κ3) is 3.40. The van der Waals surface area contributed by atoms with E-state index in [1.807, 2.05) is 54.6 Å². The van der Waals surface area contributed by atoms with Crippen molar-refractivity contribution in [3.63, 3.8) is 0 Å². The third-order valence-corrected chi connectivity index (χ3v) is 8.45. The highest BCUT2D eigenvalue weighted by molar-refractivity contribution is 7.87. The molecule has 3 aromatic carbocycles. The lowest BCUT2D eigenvalue weighted by molar-refractivity contribution is 0.189. The summed E-state index contributed by atoms with van der Waals surface area (Å²) in [6.07, 6.45) is 1.57. The highest BCUT2D eigenvalue weighted by Gasteiger charge is 2.29. The monoisotopic (exact) mass is 384 g/mol. The van der Waals surface area contributed by atoms with Crippen LogP contribution in [0.15, 0.2) is 107 Å².